The van der Waals surface area contributed by atoms with E-state index in [1.165, 1.54) is 19.2 Å². The molecule has 1 heterocycles. The lowest BCUT2D eigenvalue weighted by Gasteiger charge is -2.07. The van der Waals surface area contributed by atoms with Gasteiger partial charge in [0.2, 0.25) is 0 Å². The Kier molecular flexibility index (Phi) is 3.79. The van der Waals surface area contributed by atoms with Gasteiger partial charge in [0.1, 0.15) is 5.75 Å². The number of benzene rings is 2. The minimum atomic E-state index is -1.18. The summed E-state index contributed by atoms with van der Waals surface area (Å²) in [6, 6.07) is 7.92. The van der Waals surface area contributed by atoms with Crippen molar-refractivity contribution in [2.24, 2.45) is 0 Å². The Morgan fingerprint density at radius 1 is 1.26 bits per heavy atom. The van der Waals surface area contributed by atoms with E-state index in [2.05, 4.69) is 4.98 Å². The fraction of sp³-hybridized carbons (Fsp3) is 0.0667. The molecular formula is C15H11Cl2N3O3. The van der Waals surface area contributed by atoms with Crippen LogP contribution in [0.3, 0.4) is 0 Å². The van der Waals surface area contributed by atoms with Gasteiger partial charge in [0, 0.05) is 5.56 Å². The average molecular weight is 352 g/mol. The van der Waals surface area contributed by atoms with Crippen molar-refractivity contribution in [3.05, 3.63) is 40.4 Å². The van der Waals surface area contributed by atoms with E-state index in [9.17, 15) is 9.90 Å². The second-order valence-electron chi connectivity index (χ2n) is 4.77. The number of carbonyl (C=O) groups is 1. The van der Waals surface area contributed by atoms with Gasteiger partial charge in [-0.3, -0.25) is 0 Å². The highest BCUT2D eigenvalue weighted by Crippen LogP contribution is 2.33. The van der Waals surface area contributed by atoms with Crippen molar-refractivity contribution >= 4 is 46.0 Å². The number of nitrogen functional groups attached to an aromatic ring is 1. The van der Waals surface area contributed by atoms with Crippen LogP contribution < -0.4 is 10.5 Å². The van der Waals surface area contributed by atoms with E-state index in [4.69, 9.17) is 33.7 Å². The Hall–Kier alpha value is -2.44. The summed E-state index contributed by atoms with van der Waals surface area (Å²) in [6.07, 6.45) is -1.18. The van der Waals surface area contributed by atoms with Crippen LogP contribution in [-0.4, -0.2) is 27.9 Å². The fourth-order valence-corrected chi connectivity index (χ4v) is 2.65. The molecule has 0 atom stereocenters. The molecular weight excluding hydrogens is 341 g/mol. The molecule has 0 spiro atoms. The molecule has 0 saturated heterocycles. The van der Waals surface area contributed by atoms with Crippen molar-refractivity contribution < 1.29 is 14.6 Å². The van der Waals surface area contributed by atoms with Crippen LogP contribution in [0.15, 0.2) is 30.3 Å². The van der Waals surface area contributed by atoms with Crippen molar-refractivity contribution in [3.8, 4) is 17.1 Å². The lowest BCUT2D eigenvalue weighted by atomic mass is 10.2. The molecule has 0 fully saturated rings. The van der Waals surface area contributed by atoms with Crippen LogP contribution in [0.25, 0.3) is 22.4 Å². The number of anilines is 1. The Morgan fingerprint density at radius 2 is 1.96 bits per heavy atom. The van der Waals surface area contributed by atoms with Crippen molar-refractivity contribution in [1.29, 1.82) is 0 Å². The van der Waals surface area contributed by atoms with Gasteiger partial charge in [-0.2, -0.15) is 0 Å². The van der Waals surface area contributed by atoms with E-state index in [-0.39, 0.29) is 10.8 Å². The number of imidazole rings is 1. The molecule has 0 aliphatic rings. The van der Waals surface area contributed by atoms with Gasteiger partial charge in [-0.05, 0) is 30.3 Å². The third-order valence-electron chi connectivity index (χ3n) is 3.38. The second kappa shape index (κ2) is 5.64. The van der Waals surface area contributed by atoms with E-state index in [1.54, 1.807) is 18.2 Å². The highest BCUT2D eigenvalue weighted by atomic mass is 35.5. The molecule has 0 radical (unpaired) electrons. The molecule has 0 amide bonds. The molecule has 23 heavy (non-hydrogen) atoms. The van der Waals surface area contributed by atoms with Gasteiger partial charge >= 0.3 is 6.09 Å². The number of hydrogen-bond acceptors (Lipinski definition) is 4. The van der Waals surface area contributed by atoms with Crippen LogP contribution in [0, 0.1) is 0 Å². The van der Waals surface area contributed by atoms with Crippen LogP contribution in [-0.2, 0) is 0 Å². The Morgan fingerprint density at radius 3 is 2.57 bits per heavy atom. The van der Waals surface area contributed by atoms with E-state index < -0.39 is 6.09 Å². The monoisotopic (exact) mass is 351 g/mol. The minimum absolute atomic E-state index is 0.222. The average Bonchev–Trinajstić information content (AvgIpc) is 2.86. The molecule has 8 heteroatoms. The molecule has 1 aromatic heterocycles. The van der Waals surface area contributed by atoms with Gasteiger partial charge < -0.3 is 15.6 Å². The molecule has 0 unspecified atom stereocenters. The molecule has 3 N–H and O–H groups in total. The zero-order chi connectivity index (χ0) is 16.7. The minimum Gasteiger partial charge on any atom is -0.495 e. The molecule has 2 aromatic carbocycles. The summed E-state index contributed by atoms with van der Waals surface area (Å²) in [5.41, 5.74) is 7.57. The van der Waals surface area contributed by atoms with Gasteiger partial charge in [-0.1, -0.05) is 23.2 Å². The van der Waals surface area contributed by atoms with E-state index in [1.807, 2.05) is 0 Å². The van der Waals surface area contributed by atoms with Crippen LogP contribution >= 0.6 is 23.2 Å². The summed E-state index contributed by atoms with van der Waals surface area (Å²) in [6.45, 7) is 0. The normalized spacial score (nSPS) is 10.9. The highest BCUT2D eigenvalue weighted by molar-refractivity contribution is 6.42. The van der Waals surface area contributed by atoms with Crippen LogP contribution in [0.5, 0.6) is 5.75 Å². The summed E-state index contributed by atoms with van der Waals surface area (Å²) in [4.78, 5) is 16.0. The number of nitrogens with two attached hydrogens (primary N) is 1. The van der Waals surface area contributed by atoms with E-state index >= 15 is 0 Å². The third-order valence-corrected chi connectivity index (χ3v) is 4.10. The quantitative estimate of drug-likeness (QED) is 0.677. The predicted octanol–water partition coefficient (Wildman–Crippen LogP) is 4.13. The molecule has 118 valence electrons. The van der Waals surface area contributed by atoms with Crippen LogP contribution in [0.1, 0.15) is 0 Å². The number of hydrogen-bond donors (Lipinski definition) is 2. The zero-order valence-corrected chi connectivity index (χ0v) is 13.4. The maximum atomic E-state index is 11.7. The third kappa shape index (κ3) is 2.56. The molecule has 3 aromatic rings. The smallest absolute Gasteiger partial charge is 0.417 e. The molecule has 0 aliphatic heterocycles. The molecule has 0 aliphatic carbocycles. The first kappa shape index (κ1) is 15.5. The lowest BCUT2D eigenvalue weighted by Crippen LogP contribution is -2.09. The Labute approximate surface area is 141 Å². The van der Waals surface area contributed by atoms with Crippen molar-refractivity contribution in [3.63, 3.8) is 0 Å². The maximum absolute atomic E-state index is 11.7. The first-order valence-corrected chi connectivity index (χ1v) is 7.22. The number of aromatic nitrogens is 2. The number of rotatable bonds is 2. The first-order chi connectivity index (χ1) is 10.9. The Balaban J connectivity index is 2.30. The molecule has 0 saturated carbocycles. The van der Waals surface area contributed by atoms with Crippen molar-refractivity contribution in [2.75, 3.05) is 12.8 Å². The van der Waals surface area contributed by atoms with E-state index in [0.717, 1.165) is 4.57 Å². The van der Waals surface area contributed by atoms with Crippen molar-refractivity contribution in [2.45, 2.75) is 0 Å². The van der Waals surface area contributed by atoms with Crippen molar-refractivity contribution in [1.82, 2.24) is 9.55 Å². The molecule has 3 rings (SSSR count). The largest absolute Gasteiger partial charge is 0.495 e. The summed E-state index contributed by atoms with van der Waals surface area (Å²) >= 11 is 12.0. The standard InChI is InChI=1S/C15H11Cl2N3O3/c1-23-13-3-2-7(4-10(13)18)14-19-11-5-8(16)9(17)6-12(11)20(14)15(21)22/h2-6H,18H2,1H3,(H,21,22). The van der Waals surface area contributed by atoms with Gasteiger partial charge in [0.25, 0.3) is 0 Å². The number of fused-ring (bicyclic) bond motifs is 1. The van der Waals surface area contributed by atoms with E-state index in [0.29, 0.717) is 33.1 Å². The zero-order valence-electron chi connectivity index (χ0n) is 11.9. The molecule has 0 bridgehead atoms. The van der Waals surface area contributed by atoms with Crippen LogP contribution in [0.2, 0.25) is 10.0 Å². The number of ether oxygens (including phenoxy) is 1. The Bertz CT molecular complexity index is 937. The van der Waals surface area contributed by atoms with Crippen LogP contribution in [0.4, 0.5) is 10.5 Å². The number of carboxylic acid groups (broad SMARTS) is 1. The topological polar surface area (TPSA) is 90.4 Å². The molecule has 6 nitrogen and oxygen atoms in total. The SMILES string of the molecule is COc1ccc(-c2nc3cc(Cl)c(Cl)cc3n2C(=O)O)cc1N. The highest BCUT2D eigenvalue weighted by Gasteiger charge is 2.19. The first-order valence-electron chi connectivity index (χ1n) is 6.47. The lowest BCUT2D eigenvalue weighted by molar-refractivity contribution is 0.197. The summed E-state index contributed by atoms with van der Waals surface area (Å²) in [5, 5.41) is 10.1. The van der Waals surface area contributed by atoms with Gasteiger partial charge in [-0.25, -0.2) is 14.3 Å². The summed E-state index contributed by atoms with van der Waals surface area (Å²) in [7, 11) is 1.50. The maximum Gasteiger partial charge on any atom is 0.417 e. The van der Waals surface area contributed by atoms with Gasteiger partial charge in [0.15, 0.2) is 5.82 Å². The number of halogens is 2. The fourth-order valence-electron chi connectivity index (χ4n) is 2.33. The van der Waals surface area contributed by atoms with Gasteiger partial charge in [-0.15, -0.1) is 0 Å². The van der Waals surface area contributed by atoms with Gasteiger partial charge in [0.05, 0.1) is 33.9 Å². The number of nitrogens with zero attached hydrogens (tertiary/aromatic N) is 2. The number of methoxy groups -OCH3 is 1. The summed E-state index contributed by atoms with van der Waals surface area (Å²) in [5.74, 6) is 0.720. The summed E-state index contributed by atoms with van der Waals surface area (Å²) < 4.78 is 6.14. The predicted molar refractivity (Wildman–Crippen MR) is 89.6 cm³/mol. The second-order valence-corrected chi connectivity index (χ2v) is 5.58.